The van der Waals surface area contributed by atoms with E-state index in [1.807, 2.05) is 0 Å². The van der Waals surface area contributed by atoms with E-state index in [0.29, 0.717) is 4.47 Å². The summed E-state index contributed by atoms with van der Waals surface area (Å²) < 4.78 is 27.9. The molecular weight excluding hydrogens is 292 g/mol. The highest BCUT2D eigenvalue weighted by Gasteiger charge is 2.19. The Morgan fingerprint density at radius 1 is 1.43 bits per heavy atom. The third-order valence-corrected chi connectivity index (χ3v) is 3.54. The Morgan fingerprint density at radius 2 is 2.00 bits per heavy atom. The van der Waals surface area contributed by atoms with E-state index in [1.54, 1.807) is 13.0 Å². The first kappa shape index (κ1) is 11.8. The summed E-state index contributed by atoms with van der Waals surface area (Å²) in [6, 6.07) is 3.22. The van der Waals surface area contributed by atoms with Crippen LogP contribution in [0.25, 0.3) is 0 Å². The van der Waals surface area contributed by atoms with Crippen LogP contribution in [0.2, 0.25) is 0 Å². The molecule has 1 rings (SSSR count). The highest BCUT2D eigenvalue weighted by Crippen LogP contribution is 2.35. The molecule has 1 aromatic carbocycles. The summed E-state index contributed by atoms with van der Waals surface area (Å²) in [7, 11) is 2.87. The van der Waals surface area contributed by atoms with Crippen molar-refractivity contribution in [3.8, 4) is 5.75 Å². The second-order valence-electron chi connectivity index (χ2n) is 2.72. The predicted molar refractivity (Wildman–Crippen MR) is 58.5 cm³/mol. The quantitative estimate of drug-likeness (QED) is 0.789. The molecule has 0 aliphatic rings. The Kier molecular flexibility index (Phi) is 3.44. The van der Waals surface area contributed by atoms with E-state index < -0.39 is 9.05 Å². The fourth-order valence-corrected chi connectivity index (χ4v) is 3.03. The van der Waals surface area contributed by atoms with Crippen molar-refractivity contribution < 1.29 is 13.2 Å². The van der Waals surface area contributed by atoms with Gasteiger partial charge in [0.2, 0.25) is 0 Å². The number of rotatable bonds is 2. The van der Waals surface area contributed by atoms with Crippen molar-refractivity contribution in [1.82, 2.24) is 0 Å². The van der Waals surface area contributed by atoms with Crippen LogP contribution >= 0.6 is 26.6 Å². The zero-order chi connectivity index (χ0) is 10.9. The van der Waals surface area contributed by atoms with Gasteiger partial charge in [-0.3, -0.25) is 0 Å². The molecule has 0 saturated heterocycles. The van der Waals surface area contributed by atoms with Crippen LogP contribution in [0, 0.1) is 6.92 Å². The second kappa shape index (κ2) is 4.08. The Hall–Kier alpha value is -0.260. The zero-order valence-electron chi connectivity index (χ0n) is 7.54. The minimum Gasteiger partial charge on any atom is -0.494 e. The lowest BCUT2D eigenvalue weighted by atomic mass is 10.2. The van der Waals surface area contributed by atoms with Gasteiger partial charge in [-0.1, -0.05) is 0 Å². The first-order valence-electron chi connectivity index (χ1n) is 3.65. The number of hydrogen-bond donors (Lipinski definition) is 0. The molecule has 0 radical (unpaired) electrons. The maximum Gasteiger partial charge on any atom is 0.265 e. The van der Waals surface area contributed by atoms with Crippen molar-refractivity contribution in [2.24, 2.45) is 0 Å². The summed E-state index contributed by atoms with van der Waals surface area (Å²) >= 11 is 3.20. The van der Waals surface area contributed by atoms with Crippen LogP contribution in [0.5, 0.6) is 5.75 Å². The van der Waals surface area contributed by atoms with Gasteiger partial charge in [0.25, 0.3) is 9.05 Å². The van der Waals surface area contributed by atoms with Crippen molar-refractivity contribution in [2.45, 2.75) is 11.8 Å². The topological polar surface area (TPSA) is 43.4 Å². The summed E-state index contributed by atoms with van der Waals surface area (Å²) in [5.74, 6) is 0.227. The van der Waals surface area contributed by atoms with Crippen LogP contribution in [0.3, 0.4) is 0 Å². The predicted octanol–water partition coefficient (Wildman–Crippen LogP) is 2.69. The van der Waals surface area contributed by atoms with Crippen molar-refractivity contribution in [1.29, 1.82) is 0 Å². The van der Waals surface area contributed by atoms with Gasteiger partial charge < -0.3 is 4.74 Å². The molecule has 0 bridgehead atoms. The van der Waals surface area contributed by atoms with Crippen LogP contribution in [0.1, 0.15) is 5.56 Å². The summed E-state index contributed by atoms with van der Waals surface area (Å²) in [5, 5.41) is 0. The lowest BCUT2D eigenvalue weighted by molar-refractivity contribution is 0.400. The van der Waals surface area contributed by atoms with E-state index in [0.717, 1.165) is 5.56 Å². The molecule has 0 atom stereocenters. The van der Waals surface area contributed by atoms with E-state index in [-0.39, 0.29) is 10.6 Å². The van der Waals surface area contributed by atoms with E-state index in [2.05, 4.69) is 15.9 Å². The first-order chi connectivity index (χ1) is 6.36. The molecule has 1 aromatic rings. The standard InChI is InChI=1S/C8H8BrClO3S/c1-5-3-6(9)8(13-2)7(4-5)14(10,11)12/h3-4H,1-2H3. The monoisotopic (exact) mass is 298 g/mol. The molecular formula is C8H8BrClO3S. The fraction of sp³-hybridized carbons (Fsp3) is 0.250. The fourth-order valence-electron chi connectivity index (χ4n) is 1.08. The minimum absolute atomic E-state index is 0.0199. The Bertz CT molecular complexity index is 456. The highest BCUT2D eigenvalue weighted by atomic mass is 79.9. The van der Waals surface area contributed by atoms with Gasteiger partial charge in [0.1, 0.15) is 4.90 Å². The summed E-state index contributed by atoms with van der Waals surface area (Å²) in [6.45, 7) is 1.77. The lowest BCUT2D eigenvalue weighted by Gasteiger charge is -2.08. The summed E-state index contributed by atoms with van der Waals surface area (Å²) in [4.78, 5) is -0.0199. The molecule has 78 valence electrons. The van der Waals surface area contributed by atoms with Gasteiger partial charge >= 0.3 is 0 Å². The average Bonchev–Trinajstić information content (AvgIpc) is 2.01. The Labute approximate surface area is 95.6 Å². The number of methoxy groups -OCH3 is 1. The van der Waals surface area contributed by atoms with Crippen molar-refractivity contribution >= 4 is 35.7 Å². The molecule has 0 aliphatic carbocycles. The van der Waals surface area contributed by atoms with Gasteiger partial charge in [-0.15, -0.1) is 0 Å². The van der Waals surface area contributed by atoms with E-state index in [1.165, 1.54) is 13.2 Å². The normalized spacial score (nSPS) is 11.4. The average molecular weight is 300 g/mol. The summed E-state index contributed by atoms with van der Waals surface area (Å²) in [6.07, 6.45) is 0. The molecule has 0 aliphatic heterocycles. The van der Waals surface area contributed by atoms with E-state index in [4.69, 9.17) is 15.4 Å². The number of ether oxygens (including phenoxy) is 1. The zero-order valence-corrected chi connectivity index (χ0v) is 10.7. The van der Waals surface area contributed by atoms with Crippen molar-refractivity contribution in [3.05, 3.63) is 22.2 Å². The number of aryl methyl sites for hydroxylation is 1. The smallest absolute Gasteiger partial charge is 0.265 e. The molecule has 6 heteroatoms. The molecule has 0 heterocycles. The molecule has 0 aromatic heterocycles. The van der Waals surface area contributed by atoms with Gasteiger partial charge in [0.15, 0.2) is 5.75 Å². The molecule has 3 nitrogen and oxygen atoms in total. The van der Waals surface area contributed by atoms with Crippen LogP contribution in [0.15, 0.2) is 21.5 Å². The van der Waals surface area contributed by atoms with Gasteiger partial charge in [-0.05, 0) is 40.5 Å². The third-order valence-electron chi connectivity index (χ3n) is 1.62. The van der Waals surface area contributed by atoms with Gasteiger partial charge in [0, 0.05) is 10.7 Å². The Balaban J connectivity index is 3.56. The second-order valence-corrected chi connectivity index (χ2v) is 6.10. The molecule has 0 N–H and O–H groups in total. The molecule has 14 heavy (non-hydrogen) atoms. The van der Waals surface area contributed by atoms with Gasteiger partial charge in [-0.25, -0.2) is 8.42 Å². The van der Waals surface area contributed by atoms with E-state index in [9.17, 15) is 8.42 Å². The van der Waals surface area contributed by atoms with Crippen LogP contribution in [0.4, 0.5) is 0 Å². The molecule has 0 fully saturated rings. The first-order valence-corrected chi connectivity index (χ1v) is 6.75. The van der Waals surface area contributed by atoms with Crippen LogP contribution < -0.4 is 4.74 Å². The highest BCUT2D eigenvalue weighted by molar-refractivity contribution is 9.10. The van der Waals surface area contributed by atoms with Crippen molar-refractivity contribution in [3.63, 3.8) is 0 Å². The van der Waals surface area contributed by atoms with Crippen molar-refractivity contribution in [2.75, 3.05) is 7.11 Å². The maximum atomic E-state index is 11.2. The van der Waals surface area contributed by atoms with Gasteiger partial charge in [0.05, 0.1) is 11.6 Å². The maximum absolute atomic E-state index is 11.2. The van der Waals surface area contributed by atoms with E-state index >= 15 is 0 Å². The molecule has 0 spiro atoms. The lowest BCUT2D eigenvalue weighted by Crippen LogP contribution is -1.97. The van der Waals surface area contributed by atoms with Crippen LogP contribution in [-0.2, 0) is 9.05 Å². The summed E-state index contributed by atoms with van der Waals surface area (Å²) in [5.41, 5.74) is 0.789. The number of hydrogen-bond acceptors (Lipinski definition) is 3. The van der Waals surface area contributed by atoms with Crippen LogP contribution in [-0.4, -0.2) is 15.5 Å². The van der Waals surface area contributed by atoms with Gasteiger partial charge in [-0.2, -0.15) is 0 Å². The SMILES string of the molecule is COc1c(Br)cc(C)cc1S(=O)(=O)Cl. The largest absolute Gasteiger partial charge is 0.494 e. The minimum atomic E-state index is -3.77. The third kappa shape index (κ3) is 2.40. The number of benzene rings is 1. The molecule has 0 unspecified atom stereocenters. The molecule has 0 amide bonds. The molecule has 0 saturated carbocycles. The number of halogens is 2. The Morgan fingerprint density at radius 3 is 2.43 bits per heavy atom.